The van der Waals surface area contributed by atoms with Crippen LogP contribution in [0.3, 0.4) is 0 Å². The molecule has 0 aromatic rings. The summed E-state index contributed by atoms with van der Waals surface area (Å²) >= 11 is 2.16. The monoisotopic (exact) mass is 239 g/mol. The van der Waals surface area contributed by atoms with Crippen LogP contribution in [-0.4, -0.2) is 25.8 Å². The predicted octanol–water partition coefficient (Wildman–Crippen LogP) is 0.987. The third kappa shape index (κ3) is 3.34. The molecular weight excluding hydrogens is 229 g/mol. The lowest BCUT2D eigenvalue weighted by Gasteiger charge is -2.09. The minimum absolute atomic E-state index is 1.00. The second-order valence-electron chi connectivity index (χ2n) is 1.42. The van der Waals surface area contributed by atoms with Gasteiger partial charge in [0, 0.05) is 27.0 Å². The van der Waals surface area contributed by atoms with Gasteiger partial charge in [0.2, 0.25) is 0 Å². The third-order valence-corrected chi connectivity index (χ3v) is 1.79. The zero-order valence-corrected chi connectivity index (χ0v) is 7.71. The second-order valence-corrected chi connectivity index (χ2v) is 2.53. The van der Waals surface area contributed by atoms with Gasteiger partial charge in [0.1, 0.15) is 3.70 Å². The lowest BCUT2D eigenvalue weighted by molar-refractivity contribution is 0.486. The number of nitrogens with zero attached hydrogens (tertiary/aromatic N) is 2. The lowest BCUT2D eigenvalue weighted by Crippen LogP contribution is -2.07. The fraction of sp³-hybridized carbons (Fsp3) is 0.400. The summed E-state index contributed by atoms with van der Waals surface area (Å²) in [5, 5.41) is 8.24. The lowest BCUT2D eigenvalue weighted by atomic mass is 10.8. The topological polar surface area (TPSA) is 27.6 Å². The molecule has 0 spiro atoms. The molecule has 0 atom stereocenters. The van der Waals surface area contributed by atoms with Crippen LogP contribution in [0.25, 0.3) is 0 Å². The first kappa shape index (κ1) is 8.74. The number of rotatable bonds is 3. The maximum absolute atomic E-state index is 3.67. The first-order valence-electron chi connectivity index (χ1n) is 2.45. The van der Waals surface area contributed by atoms with Crippen LogP contribution in [0, 0.1) is 0 Å². The Balaban J connectivity index is 3.84. The first-order valence-corrected chi connectivity index (χ1v) is 3.53. The van der Waals surface area contributed by atoms with Crippen LogP contribution >= 0.6 is 22.6 Å². The van der Waals surface area contributed by atoms with Crippen molar-refractivity contribution in [1.29, 1.82) is 0 Å². The summed E-state index contributed by atoms with van der Waals surface area (Å²) < 4.78 is 1.00. The van der Waals surface area contributed by atoms with Crippen LogP contribution in [0.5, 0.6) is 0 Å². The summed E-state index contributed by atoms with van der Waals surface area (Å²) in [5.74, 6) is 0. The van der Waals surface area contributed by atoms with Gasteiger partial charge in [-0.05, 0) is 22.6 Å². The van der Waals surface area contributed by atoms with Crippen molar-refractivity contribution in [3.63, 3.8) is 0 Å². The van der Waals surface area contributed by atoms with Gasteiger partial charge >= 0.3 is 0 Å². The van der Waals surface area contributed by atoms with Crippen LogP contribution in [0.1, 0.15) is 0 Å². The van der Waals surface area contributed by atoms with Gasteiger partial charge in [-0.2, -0.15) is 5.10 Å². The zero-order chi connectivity index (χ0) is 7.28. The summed E-state index contributed by atoms with van der Waals surface area (Å²) in [6.07, 6.45) is 1.84. The first-order chi connectivity index (χ1) is 4.22. The van der Waals surface area contributed by atoms with Crippen LogP contribution in [-0.2, 0) is 0 Å². The molecule has 9 heavy (non-hydrogen) atoms. The Hall–Kier alpha value is -0.260. The Bertz CT molecular complexity index is 121. The summed E-state index contributed by atoms with van der Waals surface area (Å²) in [7, 11) is 3.68. The smallest absolute Gasteiger partial charge is 0.112 e. The van der Waals surface area contributed by atoms with Gasteiger partial charge in [-0.15, -0.1) is 0 Å². The van der Waals surface area contributed by atoms with E-state index in [0.29, 0.717) is 0 Å². The van der Waals surface area contributed by atoms with E-state index in [-0.39, 0.29) is 0 Å². The van der Waals surface area contributed by atoms with E-state index in [1.807, 2.05) is 20.3 Å². The molecule has 0 amide bonds. The molecule has 0 unspecified atom stereocenters. The minimum atomic E-state index is 1.00. The third-order valence-electron chi connectivity index (χ3n) is 0.785. The summed E-state index contributed by atoms with van der Waals surface area (Å²) in [6, 6.07) is 0. The molecular formula is C5H10IN3. The molecule has 0 aromatic carbocycles. The maximum atomic E-state index is 3.67. The van der Waals surface area contributed by atoms with E-state index in [4.69, 9.17) is 0 Å². The van der Waals surface area contributed by atoms with Crippen molar-refractivity contribution < 1.29 is 0 Å². The Labute approximate surface area is 68.9 Å². The van der Waals surface area contributed by atoms with Gasteiger partial charge in [0.25, 0.3) is 0 Å². The SMILES string of the molecule is C=NN(C)/C(I)=C\NC. The zero-order valence-electron chi connectivity index (χ0n) is 5.56. The van der Waals surface area contributed by atoms with Crippen molar-refractivity contribution in [2.45, 2.75) is 0 Å². The molecule has 52 valence electrons. The highest BCUT2D eigenvalue weighted by Gasteiger charge is 1.92. The molecule has 0 radical (unpaired) electrons. The largest absolute Gasteiger partial charge is 0.392 e. The minimum Gasteiger partial charge on any atom is -0.392 e. The highest BCUT2D eigenvalue weighted by molar-refractivity contribution is 14.1. The van der Waals surface area contributed by atoms with E-state index >= 15 is 0 Å². The highest BCUT2D eigenvalue weighted by atomic mass is 127. The van der Waals surface area contributed by atoms with Crippen LogP contribution in [0.15, 0.2) is 15.0 Å². The van der Waals surface area contributed by atoms with E-state index in [1.54, 1.807) is 5.01 Å². The molecule has 0 saturated carbocycles. The van der Waals surface area contributed by atoms with Gasteiger partial charge in [-0.3, -0.25) is 5.01 Å². The van der Waals surface area contributed by atoms with E-state index in [9.17, 15) is 0 Å². The average Bonchev–Trinajstić information content (AvgIpc) is 1.87. The molecule has 1 N–H and O–H groups in total. The Kier molecular flexibility index (Phi) is 4.47. The molecule has 4 heteroatoms. The van der Waals surface area contributed by atoms with Crippen molar-refractivity contribution in [2.24, 2.45) is 5.10 Å². The second kappa shape index (κ2) is 4.60. The quantitative estimate of drug-likeness (QED) is 0.344. The predicted molar refractivity (Wildman–Crippen MR) is 48.5 cm³/mol. The fourth-order valence-corrected chi connectivity index (χ4v) is 0.744. The molecule has 0 rings (SSSR count). The number of nitrogens with one attached hydrogen (secondary N) is 1. The van der Waals surface area contributed by atoms with Crippen molar-refractivity contribution in [2.75, 3.05) is 14.1 Å². The number of hydrogen-bond acceptors (Lipinski definition) is 3. The van der Waals surface area contributed by atoms with Crippen molar-refractivity contribution >= 4 is 29.3 Å². The van der Waals surface area contributed by atoms with E-state index in [0.717, 1.165) is 3.70 Å². The standard InChI is InChI=1S/C5H10IN3/c1-7-4-5(6)9(3)8-2/h4,7H,2H2,1,3H3/b5-4-. The van der Waals surface area contributed by atoms with Crippen molar-refractivity contribution in [3.8, 4) is 0 Å². The van der Waals surface area contributed by atoms with E-state index in [1.165, 1.54) is 0 Å². The van der Waals surface area contributed by atoms with Crippen molar-refractivity contribution in [1.82, 2.24) is 10.3 Å². The van der Waals surface area contributed by atoms with Gasteiger partial charge in [0.15, 0.2) is 0 Å². The number of hydrogen-bond donors (Lipinski definition) is 1. The molecule has 0 bridgehead atoms. The molecule has 0 aliphatic heterocycles. The fourth-order valence-electron chi connectivity index (χ4n) is 0.280. The maximum Gasteiger partial charge on any atom is 0.112 e. The van der Waals surface area contributed by atoms with Crippen molar-refractivity contribution in [3.05, 3.63) is 9.90 Å². The number of hydrazone groups is 1. The van der Waals surface area contributed by atoms with Gasteiger partial charge in [0.05, 0.1) is 0 Å². The Morgan fingerprint density at radius 3 is 2.78 bits per heavy atom. The molecule has 0 heterocycles. The highest BCUT2D eigenvalue weighted by Crippen LogP contribution is 2.08. The van der Waals surface area contributed by atoms with E-state index < -0.39 is 0 Å². The van der Waals surface area contributed by atoms with Crippen LogP contribution in [0.2, 0.25) is 0 Å². The summed E-state index contributed by atoms with van der Waals surface area (Å²) in [4.78, 5) is 0. The Morgan fingerprint density at radius 2 is 2.44 bits per heavy atom. The molecule has 0 aromatic heterocycles. The van der Waals surface area contributed by atoms with Crippen LogP contribution < -0.4 is 5.32 Å². The summed E-state index contributed by atoms with van der Waals surface area (Å²) in [6.45, 7) is 3.37. The molecule has 3 nitrogen and oxygen atoms in total. The van der Waals surface area contributed by atoms with Crippen LogP contribution in [0.4, 0.5) is 0 Å². The normalized spacial score (nSPS) is 10.8. The van der Waals surface area contributed by atoms with E-state index in [2.05, 4.69) is 39.7 Å². The number of halogens is 1. The van der Waals surface area contributed by atoms with Gasteiger partial charge < -0.3 is 5.32 Å². The molecule has 0 saturated heterocycles. The van der Waals surface area contributed by atoms with Gasteiger partial charge in [-0.1, -0.05) is 0 Å². The summed E-state index contributed by atoms with van der Waals surface area (Å²) in [5.41, 5.74) is 0. The van der Waals surface area contributed by atoms with Gasteiger partial charge in [-0.25, -0.2) is 0 Å². The average molecular weight is 239 g/mol. The molecule has 0 fully saturated rings. The molecule has 0 aliphatic carbocycles. The molecule has 0 aliphatic rings. The Morgan fingerprint density at radius 1 is 1.89 bits per heavy atom.